The van der Waals surface area contributed by atoms with E-state index in [4.69, 9.17) is 16.3 Å². The zero-order chi connectivity index (χ0) is 26.5. The number of hydrogen-bond donors (Lipinski definition) is 1. The van der Waals surface area contributed by atoms with Crippen molar-refractivity contribution in [2.24, 2.45) is 0 Å². The Bertz CT molecular complexity index is 1330. The molecule has 1 saturated heterocycles. The van der Waals surface area contributed by atoms with Gasteiger partial charge in [-0.15, -0.1) is 0 Å². The third-order valence-electron chi connectivity index (χ3n) is 6.90. The van der Waals surface area contributed by atoms with E-state index in [-0.39, 0.29) is 6.42 Å². The Kier molecular flexibility index (Phi) is 8.16. The number of nitrogens with one attached hydrogen (secondary N) is 1. The van der Waals surface area contributed by atoms with Gasteiger partial charge in [-0.1, -0.05) is 17.7 Å². The fourth-order valence-electron chi connectivity index (χ4n) is 4.89. The summed E-state index contributed by atoms with van der Waals surface area (Å²) in [5.41, 5.74) is 3.35. The van der Waals surface area contributed by atoms with Crippen molar-refractivity contribution in [1.82, 2.24) is 14.9 Å². The molecule has 0 saturated carbocycles. The molecule has 1 fully saturated rings. The molecule has 0 bridgehead atoms. The van der Waals surface area contributed by atoms with Crippen molar-refractivity contribution in [2.75, 3.05) is 49.6 Å². The van der Waals surface area contributed by atoms with Crippen molar-refractivity contribution in [3.05, 3.63) is 65.5 Å². The van der Waals surface area contributed by atoms with E-state index in [1.54, 1.807) is 18.2 Å². The number of amides is 1. The minimum absolute atomic E-state index is 0.293. The quantitative estimate of drug-likeness (QED) is 0.280. The predicted molar refractivity (Wildman–Crippen MR) is 146 cm³/mol. The molecule has 0 radical (unpaired) electrons. The molecule has 0 atom stereocenters. The van der Waals surface area contributed by atoms with Gasteiger partial charge in [-0.05, 0) is 67.8 Å². The van der Waals surface area contributed by atoms with E-state index in [2.05, 4.69) is 25.1 Å². The van der Waals surface area contributed by atoms with Crippen molar-refractivity contribution < 1.29 is 18.3 Å². The Hall–Kier alpha value is -3.14. The third-order valence-corrected chi connectivity index (χ3v) is 7.13. The molecule has 3 aromatic rings. The van der Waals surface area contributed by atoms with Crippen molar-refractivity contribution in [3.8, 4) is 0 Å². The summed E-state index contributed by atoms with van der Waals surface area (Å²) in [5, 5.41) is 4.07. The fourth-order valence-corrected chi connectivity index (χ4v) is 5.06. The molecule has 200 valence electrons. The van der Waals surface area contributed by atoms with Gasteiger partial charge in [0.1, 0.15) is 12.1 Å². The normalized spacial score (nSPS) is 16.3. The number of ether oxygens (including phenoxy) is 1. The monoisotopic (exact) mass is 541 g/mol. The number of benzene rings is 2. The zero-order valence-corrected chi connectivity index (χ0v) is 21.8. The van der Waals surface area contributed by atoms with Gasteiger partial charge in [-0.2, -0.15) is 0 Å². The number of carbonyl (C=O) groups excluding carboxylic acids is 1. The van der Waals surface area contributed by atoms with E-state index >= 15 is 0 Å². The van der Waals surface area contributed by atoms with Gasteiger partial charge in [0, 0.05) is 53.9 Å². The Balaban J connectivity index is 1.22. The average Bonchev–Trinajstić information content (AvgIpc) is 3.33. The summed E-state index contributed by atoms with van der Waals surface area (Å²) in [4.78, 5) is 25.6. The lowest BCUT2D eigenvalue weighted by atomic mass is 10.1. The number of anilines is 3. The van der Waals surface area contributed by atoms with Gasteiger partial charge in [-0.3, -0.25) is 9.69 Å². The molecule has 5 rings (SSSR count). The molecule has 2 aliphatic rings. The number of alkyl halides is 2. The first-order valence-electron chi connectivity index (χ1n) is 12.9. The van der Waals surface area contributed by atoms with Crippen LogP contribution in [0.15, 0.2) is 54.9 Å². The van der Waals surface area contributed by atoms with Gasteiger partial charge in [0.25, 0.3) is 5.92 Å². The molecule has 2 aliphatic heterocycles. The number of unbranched alkanes of at least 4 members (excludes halogenated alkanes) is 1. The van der Waals surface area contributed by atoms with E-state index in [9.17, 15) is 13.6 Å². The van der Waals surface area contributed by atoms with Gasteiger partial charge in [-0.25, -0.2) is 18.7 Å². The first kappa shape index (κ1) is 26.5. The smallest absolute Gasteiger partial charge is 0.266 e. The molecule has 3 heterocycles. The molecular weight excluding hydrogens is 512 g/mol. The summed E-state index contributed by atoms with van der Waals surface area (Å²) in [5.74, 6) is -2.96. The highest BCUT2D eigenvalue weighted by atomic mass is 35.5. The second-order valence-corrected chi connectivity index (χ2v) is 10.0. The van der Waals surface area contributed by atoms with Crippen molar-refractivity contribution in [3.63, 3.8) is 0 Å². The highest BCUT2D eigenvalue weighted by Crippen LogP contribution is 2.38. The zero-order valence-electron chi connectivity index (χ0n) is 21.0. The summed E-state index contributed by atoms with van der Waals surface area (Å²) in [6, 6.07) is 11.0. The minimum atomic E-state index is -3.04. The maximum absolute atomic E-state index is 14.3. The molecular formula is C28H30ClF2N5O2. The van der Waals surface area contributed by atoms with Crippen LogP contribution in [-0.2, 0) is 16.0 Å². The van der Waals surface area contributed by atoms with Crippen LogP contribution >= 0.6 is 11.6 Å². The average molecular weight is 542 g/mol. The van der Waals surface area contributed by atoms with Crippen LogP contribution in [0.25, 0.3) is 10.9 Å². The molecule has 1 aromatic heterocycles. The lowest BCUT2D eigenvalue weighted by molar-refractivity contribution is -0.112. The largest absolute Gasteiger partial charge is 0.379 e. The van der Waals surface area contributed by atoms with Gasteiger partial charge >= 0.3 is 0 Å². The van der Waals surface area contributed by atoms with Gasteiger partial charge in [0.15, 0.2) is 0 Å². The lowest BCUT2D eigenvalue weighted by Gasteiger charge is -2.26. The van der Waals surface area contributed by atoms with Gasteiger partial charge in [0.05, 0.1) is 18.7 Å². The SMILES string of the molecule is O=C(C=CC(F)(F)CCCCN1CCOCC1)Nc1ccc2ncnc(N3CCc4ccc(Cl)cc43)c2c1. The number of halogens is 3. The molecule has 38 heavy (non-hydrogen) atoms. The number of rotatable bonds is 9. The van der Waals surface area contributed by atoms with Crippen molar-refractivity contribution >= 4 is 45.6 Å². The molecule has 7 nitrogen and oxygen atoms in total. The number of fused-ring (bicyclic) bond motifs is 2. The maximum Gasteiger partial charge on any atom is 0.266 e. The van der Waals surface area contributed by atoms with Gasteiger partial charge < -0.3 is 15.0 Å². The van der Waals surface area contributed by atoms with Crippen LogP contribution in [0.5, 0.6) is 0 Å². The van der Waals surface area contributed by atoms with E-state index in [1.807, 2.05) is 18.2 Å². The summed E-state index contributed by atoms with van der Waals surface area (Å²) in [6.07, 6.45) is 4.74. The molecule has 10 heteroatoms. The van der Waals surface area contributed by atoms with Crippen LogP contribution in [-0.4, -0.2) is 66.1 Å². The van der Waals surface area contributed by atoms with E-state index < -0.39 is 11.8 Å². The van der Waals surface area contributed by atoms with Gasteiger partial charge in [0.2, 0.25) is 5.91 Å². The fraction of sp³-hybridized carbons (Fsp3) is 0.393. The summed E-state index contributed by atoms with van der Waals surface area (Å²) in [6.45, 7) is 4.61. The van der Waals surface area contributed by atoms with E-state index in [0.717, 1.165) is 49.7 Å². The van der Waals surface area contributed by atoms with Crippen LogP contribution in [0, 0.1) is 0 Å². The molecule has 0 spiro atoms. The Morgan fingerprint density at radius 2 is 1.95 bits per heavy atom. The molecule has 2 aromatic carbocycles. The molecule has 1 N–H and O–H groups in total. The highest BCUT2D eigenvalue weighted by molar-refractivity contribution is 6.31. The van der Waals surface area contributed by atoms with E-state index in [0.29, 0.717) is 54.2 Å². The summed E-state index contributed by atoms with van der Waals surface area (Å²) >= 11 is 6.23. The maximum atomic E-state index is 14.3. The van der Waals surface area contributed by atoms with E-state index in [1.165, 1.54) is 11.9 Å². The first-order valence-corrected chi connectivity index (χ1v) is 13.2. The predicted octanol–water partition coefficient (Wildman–Crippen LogP) is 5.61. The van der Waals surface area contributed by atoms with Crippen molar-refractivity contribution in [1.29, 1.82) is 0 Å². The third kappa shape index (κ3) is 6.46. The second kappa shape index (κ2) is 11.7. The van der Waals surface area contributed by atoms with Crippen LogP contribution in [0.2, 0.25) is 5.02 Å². The minimum Gasteiger partial charge on any atom is -0.379 e. The number of morpholine rings is 1. The second-order valence-electron chi connectivity index (χ2n) is 9.60. The summed E-state index contributed by atoms with van der Waals surface area (Å²) < 4.78 is 34.0. The number of carbonyl (C=O) groups is 1. The van der Waals surface area contributed by atoms with Crippen LogP contribution in [0.3, 0.4) is 0 Å². The molecule has 0 unspecified atom stereocenters. The number of hydrogen-bond acceptors (Lipinski definition) is 6. The summed E-state index contributed by atoms with van der Waals surface area (Å²) in [7, 11) is 0. The standard InChI is InChI=1S/C28H30ClF2N5O2/c29-21-4-3-20-8-12-36(25(20)17-21)27-23-18-22(5-6-24(23)32-19-33-27)34-26(37)7-10-28(30,31)9-1-2-11-35-13-15-38-16-14-35/h3-7,10,17-19H,1-2,8-9,11-16H2,(H,34,37). The number of allylic oxidation sites excluding steroid dienone is 1. The molecule has 1 amide bonds. The van der Waals surface area contributed by atoms with Crippen LogP contribution in [0.4, 0.5) is 26.0 Å². The Morgan fingerprint density at radius 3 is 2.79 bits per heavy atom. The van der Waals surface area contributed by atoms with Crippen LogP contribution in [0.1, 0.15) is 24.8 Å². The van der Waals surface area contributed by atoms with Crippen molar-refractivity contribution in [2.45, 2.75) is 31.6 Å². The Labute approximate surface area is 225 Å². The highest BCUT2D eigenvalue weighted by Gasteiger charge is 2.25. The lowest BCUT2D eigenvalue weighted by Crippen LogP contribution is -2.36. The topological polar surface area (TPSA) is 70.6 Å². The number of nitrogens with zero attached hydrogens (tertiary/aromatic N) is 4. The molecule has 0 aliphatic carbocycles. The van der Waals surface area contributed by atoms with Crippen LogP contribution < -0.4 is 10.2 Å². The first-order chi connectivity index (χ1) is 18.4. The Morgan fingerprint density at radius 1 is 1.11 bits per heavy atom. The number of aromatic nitrogens is 2.